The summed E-state index contributed by atoms with van der Waals surface area (Å²) in [6.07, 6.45) is 6.84. The molecule has 0 spiro atoms. The van der Waals surface area contributed by atoms with Gasteiger partial charge in [-0.05, 0) is 25.0 Å². The van der Waals surface area contributed by atoms with E-state index in [0.29, 0.717) is 16.8 Å². The summed E-state index contributed by atoms with van der Waals surface area (Å²) in [6, 6.07) is 10.0. The second kappa shape index (κ2) is 6.98. The van der Waals surface area contributed by atoms with Crippen LogP contribution in [0.3, 0.4) is 0 Å². The molecule has 3 aromatic rings. The van der Waals surface area contributed by atoms with Gasteiger partial charge in [0.25, 0.3) is 0 Å². The van der Waals surface area contributed by atoms with Gasteiger partial charge in [0.2, 0.25) is 5.95 Å². The zero-order chi connectivity index (χ0) is 17.2. The third kappa shape index (κ3) is 3.60. The summed E-state index contributed by atoms with van der Waals surface area (Å²) in [6.45, 7) is 0. The molecule has 0 aliphatic heterocycles. The number of hydrogen-bond donors (Lipinski definition) is 2. The van der Waals surface area contributed by atoms with Crippen molar-refractivity contribution in [2.75, 3.05) is 11.1 Å². The van der Waals surface area contributed by atoms with E-state index in [-0.39, 0.29) is 5.95 Å². The van der Waals surface area contributed by atoms with E-state index < -0.39 is 0 Å². The van der Waals surface area contributed by atoms with Crippen LogP contribution < -0.4 is 11.1 Å². The number of hydrogen-bond acceptors (Lipinski definition) is 6. The predicted octanol–water partition coefficient (Wildman–Crippen LogP) is 4.86. The average Bonchev–Trinajstić information content (AvgIpc) is 3.27. The maximum absolute atomic E-state index is 6.29. The Kier molecular flexibility index (Phi) is 4.55. The Bertz CT molecular complexity index is 889. The third-order valence-electron chi connectivity index (χ3n) is 4.33. The Morgan fingerprint density at radius 1 is 1.12 bits per heavy atom. The maximum Gasteiger partial charge on any atom is 0.221 e. The lowest BCUT2D eigenvalue weighted by molar-refractivity contribution is 0.754. The van der Waals surface area contributed by atoms with Crippen LogP contribution in [0.15, 0.2) is 36.5 Å². The van der Waals surface area contributed by atoms with Crippen molar-refractivity contribution >= 4 is 34.0 Å². The van der Waals surface area contributed by atoms with Crippen LogP contribution in [0.5, 0.6) is 0 Å². The van der Waals surface area contributed by atoms with Gasteiger partial charge < -0.3 is 11.1 Å². The topological polar surface area (TPSA) is 76.7 Å². The highest BCUT2D eigenvalue weighted by molar-refractivity contribution is 7.18. The van der Waals surface area contributed by atoms with Crippen molar-refractivity contribution < 1.29 is 0 Å². The first-order chi connectivity index (χ1) is 12.2. The third-order valence-corrected chi connectivity index (χ3v) is 5.61. The number of thiazole rings is 1. The zero-order valence-corrected chi connectivity index (χ0v) is 15.1. The minimum Gasteiger partial charge on any atom is -0.368 e. The number of halogens is 1. The van der Waals surface area contributed by atoms with Gasteiger partial charge in [-0.3, -0.25) is 0 Å². The smallest absolute Gasteiger partial charge is 0.221 e. The molecule has 5 nitrogen and oxygen atoms in total. The van der Waals surface area contributed by atoms with Gasteiger partial charge in [0.1, 0.15) is 0 Å². The molecule has 7 heteroatoms. The summed E-state index contributed by atoms with van der Waals surface area (Å²) in [5.41, 5.74) is 8.25. The molecule has 2 heterocycles. The van der Waals surface area contributed by atoms with Gasteiger partial charge in [0.15, 0.2) is 5.13 Å². The highest BCUT2D eigenvalue weighted by Gasteiger charge is 2.17. The fraction of sp³-hybridized carbons (Fsp3) is 0.278. The first-order valence-electron chi connectivity index (χ1n) is 8.31. The van der Waals surface area contributed by atoms with Crippen molar-refractivity contribution in [2.45, 2.75) is 31.7 Å². The second-order valence-corrected chi connectivity index (χ2v) is 7.57. The second-order valence-electron chi connectivity index (χ2n) is 6.13. The van der Waals surface area contributed by atoms with E-state index in [1.165, 1.54) is 25.7 Å². The molecule has 1 saturated carbocycles. The fourth-order valence-corrected chi connectivity index (χ4v) is 4.19. The monoisotopic (exact) mass is 371 g/mol. The maximum atomic E-state index is 6.29. The number of nitrogens with one attached hydrogen (secondary N) is 1. The van der Waals surface area contributed by atoms with Crippen LogP contribution in [0.1, 0.15) is 25.7 Å². The number of aromatic nitrogens is 3. The summed E-state index contributed by atoms with van der Waals surface area (Å²) in [5, 5.41) is 5.08. The SMILES string of the molecule is Nc1nc(-c2cnc(NC3CCCC3)s2)cc(-c2ccccc2Cl)n1. The van der Waals surface area contributed by atoms with E-state index >= 15 is 0 Å². The van der Waals surface area contributed by atoms with Crippen molar-refractivity contribution in [2.24, 2.45) is 0 Å². The molecule has 0 radical (unpaired) electrons. The molecule has 25 heavy (non-hydrogen) atoms. The van der Waals surface area contributed by atoms with Crippen LogP contribution in [0.2, 0.25) is 5.02 Å². The molecule has 0 atom stereocenters. The Morgan fingerprint density at radius 3 is 2.68 bits per heavy atom. The van der Waals surface area contributed by atoms with E-state index in [1.54, 1.807) is 11.3 Å². The number of benzene rings is 1. The number of nitrogens with two attached hydrogens (primary N) is 1. The standard InChI is InChI=1S/C18H18ClN5S/c19-13-8-4-3-7-12(13)14-9-15(24-17(20)23-14)16-10-21-18(25-16)22-11-5-1-2-6-11/h3-4,7-11H,1-2,5-6H2,(H,21,22)(H2,20,23,24). The molecule has 0 unspecified atom stereocenters. The number of rotatable bonds is 4. The summed E-state index contributed by atoms with van der Waals surface area (Å²) < 4.78 is 0. The number of anilines is 2. The van der Waals surface area contributed by atoms with Crippen molar-refractivity contribution in [1.29, 1.82) is 0 Å². The molecule has 1 aliphatic rings. The van der Waals surface area contributed by atoms with Gasteiger partial charge in [-0.25, -0.2) is 15.0 Å². The molecule has 0 bridgehead atoms. The largest absolute Gasteiger partial charge is 0.368 e. The molecule has 128 valence electrons. The van der Waals surface area contributed by atoms with Gasteiger partial charge in [-0.2, -0.15) is 0 Å². The molecule has 2 aromatic heterocycles. The predicted molar refractivity (Wildman–Crippen MR) is 104 cm³/mol. The van der Waals surface area contributed by atoms with Crippen LogP contribution in [-0.4, -0.2) is 21.0 Å². The molecular formula is C18H18ClN5S. The fourth-order valence-electron chi connectivity index (χ4n) is 3.10. The van der Waals surface area contributed by atoms with Crippen molar-refractivity contribution in [3.8, 4) is 21.8 Å². The van der Waals surface area contributed by atoms with E-state index in [0.717, 1.165) is 21.3 Å². The van der Waals surface area contributed by atoms with Gasteiger partial charge >= 0.3 is 0 Å². The van der Waals surface area contributed by atoms with Crippen LogP contribution in [0.25, 0.3) is 21.8 Å². The van der Waals surface area contributed by atoms with E-state index in [4.69, 9.17) is 17.3 Å². The Labute approximate surface area is 155 Å². The van der Waals surface area contributed by atoms with Crippen molar-refractivity contribution in [1.82, 2.24) is 15.0 Å². The van der Waals surface area contributed by atoms with Crippen LogP contribution in [0.4, 0.5) is 11.1 Å². The molecular weight excluding hydrogens is 354 g/mol. The molecule has 3 N–H and O–H groups in total. The summed E-state index contributed by atoms with van der Waals surface area (Å²) in [7, 11) is 0. The highest BCUT2D eigenvalue weighted by atomic mass is 35.5. The minimum atomic E-state index is 0.228. The van der Waals surface area contributed by atoms with E-state index in [1.807, 2.05) is 36.5 Å². The minimum absolute atomic E-state index is 0.228. The first-order valence-corrected chi connectivity index (χ1v) is 9.51. The Balaban J connectivity index is 1.64. The van der Waals surface area contributed by atoms with Gasteiger partial charge in [-0.15, -0.1) is 0 Å². The lowest BCUT2D eigenvalue weighted by Gasteiger charge is -2.09. The zero-order valence-electron chi connectivity index (χ0n) is 13.6. The van der Waals surface area contributed by atoms with Gasteiger partial charge in [0.05, 0.1) is 16.3 Å². The summed E-state index contributed by atoms with van der Waals surface area (Å²) in [5.74, 6) is 0.228. The molecule has 4 rings (SSSR count). The van der Waals surface area contributed by atoms with Crippen molar-refractivity contribution in [3.63, 3.8) is 0 Å². The Hall–Kier alpha value is -2.18. The first kappa shape index (κ1) is 16.3. The molecule has 1 aliphatic carbocycles. The average molecular weight is 372 g/mol. The van der Waals surface area contributed by atoms with Gasteiger partial charge in [0, 0.05) is 22.8 Å². The number of nitrogens with zero attached hydrogens (tertiary/aromatic N) is 3. The quantitative estimate of drug-likeness (QED) is 0.685. The summed E-state index contributed by atoms with van der Waals surface area (Å²) in [4.78, 5) is 14.1. The number of nitrogen functional groups attached to an aromatic ring is 1. The van der Waals surface area contributed by atoms with Crippen LogP contribution in [0, 0.1) is 0 Å². The van der Waals surface area contributed by atoms with E-state index in [2.05, 4.69) is 20.3 Å². The van der Waals surface area contributed by atoms with Crippen LogP contribution >= 0.6 is 22.9 Å². The summed E-state index contributed by atoms with van der Waals surface area (Å²) >= 11 is 7.88. The molecule has 0 amide bonds. The lowest BCUT2D eigenvalue weighted by atomic mass is 10.1. The molecule has 1 fully saturated rings. The van der Waals surface area contributed by atoms with E-state index in [9.17, 15) is 0 Å². The van der Waals surface area contributed by atoms with Gasteiger partial charge in [-0.1, -0.05) is 54.0 Å². The normalized spacial score (nSPS) is 14.8. The van der Waals surface area contributed by atoms with Crippen molar-refractivity contribution in [3.05, 3.63) is 41.6 Å². The van der Waals surface area contributed by atoms with Crippen LogP contribution in [-0.2, 0) is 0 Å². The molecule has 1 aromatic carbocycles. The Morgan fingerprint density at radius 2 is 1.88 bits per heavy atom. The lowest BCUT2D eigenvalue weighted by Crippen LogP contribution is -2.13. The highest BCUT2D eigenvalue weighted by Crippen LogP contribution is 2.33. The molecule has 0 saturated heterocycles.